The first-order valence-electron chi connectivity index (χ1n) is 8.75. The lowest BCUT2D eigenvalue weighted by molar-refractivity contribution is -0.143. The molecule has 150 valence electrons. The highest BCUT2D eigenvalue weighted by Crippen LogP contribution is 2.09. The number of hydrogen-bond donors (Lipinski definition) is 4. The molecule has 28 heavy (non-hydrogen) atoms. The van der Waals surface area contributed by atoms with Crippen LogP contribution in [0.4, 0.5) is 5.69 Å². The number of hydrazone groups is 1. The molecule has 0 aromatic heterocycles. The van der Waals surface area contributed by atoms with Gasteiger partial charge in [-0.3, -0.25) is 14.4 Å². The van der Waals surface area contributed by atoms with E-state index in [1.54, 1.807) is 31.2 Å². The summed E-state index contributed by atoms with van der Waals surface area (Å²) in [4.78, 5) is 35.6. The summed E-state index contributed by atoms with van der Waals surface area (Å²) >= 11 is 0. The third-order valence-electron chi connectivity index (χ3n) is 3.39. The van der Waals surface area contributed by atoms with Crippen LogP contribution in [0.15, 0.2) is 29.4 Å². The molecule has 0 bridgehead atoms. The molecule has 9 heteroatoms. The van der Waals surface area contributed by atoms with Crippen molar-refractivity contribution >= 4 is 29.7 Å². The summed E-state index contributed by atoms with van der Waals surface area (Å²) in [5.74, 6) is 9.21. The Labute approximate surface area is 163 Å². The largest absolute Gasteiger partial charge is 0.466 e. The zero-order valence-corrected chi connectivity index (χ0v) is 15.7. The lowest BCUT2D eigenvalue weighted by Crippen LogP contribution is -2.36. The number of nitrogens with zero attached hydrogens (tertiary/aromatic N) is 1. The van der Waals surface area contributed by atoms with Crippen LogP contribution >= 0.6 is 0 Å². The Morgan fingerprint density at radius 2 is 1.89 bits per heavy atom. The van der Waals surface area contributed by atoms with Gasteiger partial charge in [-0.2, -0.15) is 5.10 Å². The first-order chi connectivity index (χ1) is 13.5. The van der Waals surface area contributed by atoms with Crippen molar-refractivity contribution in [1.82, 2.24) is 5.32 Å². The minimum absolute atomic E-state index is 0.0196. The standard InChI is InChI=1S/C19H25N5O4/c1-2-28-19(27)12-16(4-3-11-20)24-18(26)10-9-17(25)23-15-7-5-14(6-8-15)13-22-21/h5-8,13,16H,2,9-12,20-21H2,1H3,(H,23,25)(H,24,26). The molecule has 1 atom stereocenters. The van der Waals surface area contributed by atoms with Crippen LogP contribution in [0.25, 0.3) is 0 Å². The zero-order chi connectivity index (χ0) is 20.8. The van der Waals surface area contributed by atoms with E-state index in [2.05, 4.69) is 27.6 Å². The maximum Gasteiger partial charge on any atom is 0.308 e. The number of hydrogen-bond acceptors (Lipinski definition) is 7. The van der Waals surface area contributed by atoms with Gasteiger partial charge in [0.05, 0.1) is 25.8 Å². The normalized spacial score (nSPS) is 11.2. The summed E-state index contributed by atoms with van der Waals surface area (Å²) < 4.78 is 4.85. The second-order valence-electron chi connectivity index (χ2n) is 5.60. The van der Waals surface area contributed by atoms with Gasteiger partial charge < -0.3 is 26.9 Å². The number of nitrogens with one attached hydrogen (secondary N) is 2. The molecule has 0 heterocycles. The van der Waals surface area contributed by atoms with Crippen molar-refractivity contribution in [2.45, 2.75) is 32.2 Å². The van der Waals surface area contributed by atoms with Crippen LogP contribution in [-0.2, 0) is 19.1 Å². The number of carbonyl (C=O) groups is 3. The number of rotatable bonds is 9. The molecule has 0 aliphatic rings. The topological polar surface area (TPSA) is 149 Å². The summed E-state index contributed by atoms with van der Waals surface area (Å²) in [5, 5.41) is 8.71. The molecule has 0 fully saturated rings. The molecular weight excluding hydrogens is 362 g/mol. The molecule has 0 aliphatic carbocycles. The summed E-state index contributed by atoms with van der Waals surface area (Å²) in [6, 6.07) is 6.18. The Hall–Kier alpha value is -3.38. The molecule has 0 aliphatic heterocycles. The Morgan fingerprint density at radius 1 is 1.21 bits per heavy atom. The number of esters is 1. The van der Waals surface area contributed by atoms with Gasteiger partial charge in [0.15, 0.2) is 0 Å². The molecule has 2 amide bonds. The van der Waals surface area contributed by atoms with E-state index < -0.39 is 17.9 Å². The van der Waals surface area contributed by atoms with Gasteiger partial charge in [-0.25, -0.2) is 0 Å². The fourth-order valence-electron chi connectivity index (χ4n) is 2.16. The van der Waals surface area contributed by atoms with Gasteiger partial charge in [0.1, 0.15) is 6.04 Å². The van der Waals surface area contributed by atoms with E-state index in [9.17, 15) is 14.4 Å². The lowest BCUT2D eigenvalue weighted by Gasteiger charge is -2.12. The predicted molar refractivity (Wildman–Crippen MR) is 106 cm³/mol. The highest BCUT2D eigenvalue weighted by Gasteiger charge is 2.16. The van der Waals surface area contributed by atoms with Crippen LogP contribution in [0.5, 0.6) is 0 Å². The average Bonchev–Trinajstić information content (AvgIpc) is 2.66. The van der Waals surface area contributed by atoms with Crippen molar-refractivity contribution in [3.05, 3.63) is 29.8 Å². The first-order valence-corrected chi connectivity index (χ1v) is 8.75. The number of benzene rings is 1. The van der Waals surface area contributed by atoms with E-state index >= 15 is 0 Å². The number of carbonyl (C=O) groups excluding carboxylic acids is 3. The maximum absolute atomic E-state index is 12.1. The minimum atomic E-state index is -0.713. The predicted octanol–water partition coefficient (Wildman–Crippen LogP) is 0.0980. The number of ether oxygens (including phenoxy) is 1. The Morgan fingerprint density at radius 3 is 2.50 bits per heavy atom. The van der Waals surface area contributed by atoms with E-state index in [4.69, 9.17) is 16.3 Å². The van der Waals surface area contributed by atoms with E-state index in [1.165, 1.54) is 6.21 Å². The Kier molecular flexibility index (Phi) is 10.4. The van der Waals surface area contributed by atoms with Crippen LogP contribution in [0.1, 0.15) is 31.7 Å². The van der Waals surface area contributed by atoms with Crippen LogP contribution < -0.4 is 22.2 Å². The molecule has 0 spiro atoms. The minimum Gasteiger partial charge on any atom is -0.466 e. The molecule has 1 aromatic carbocycles. The van der Waals surface area contributed by atoms with E-state index in [0.717, 1.165) is 5.56 Å². The molecule has 0 saturated carbocycles. The highest BCUT2D eigenvalue weighted by molar-refractivity contribution is 5.93. The average molecular weight is 387 g/mol. The van der Waals surface area contributed by atoms with Crippen LogP contribution in [-0.4, -0.2) is 43.2 Å². The van der Waals surface area contributed by atoms with Gasteiger partial charge in [-0.1, -0.05) is 24.0 Å². The van der Waals surface area contributed by atoms with Gasteiger partial charge in [0, 0.05) is 18.5 Å². The van der Waals surface area contributed by atoms with E-state index in [1.807, 2.05) is 0 Å². The van der Waals surface area contributed by atoms with Gasteiger partial charge >= 0.3 is 5.97 Å². The first kappa shape index (κ1) is 22.7. The molecular formula is C19H25N5O4. The van der Waals surface area contributed by atoms with Crippen molar-refractivity contribution in [1.29, 1.82) is 0 Å². The number of nitrogens with two attached hydrogens (primary N) is 2. The molecule has 1 rings (SSSR count). The van der Waals surface area contributed by atoms with Crippen molar-refractivity contribution in [2.24, 2.45) is 16.7 Å². The zero-order valence-electron chi connectivity index (χ0n) is 15.7. The lowest BCUT2D eigenvalue weighted by atomic mass is 10.2. The van der Waals surface area contributed by atoms with Crippen LogP contribution in [0, 0.1) is 11.8 Å². The monoisotopic (exact) mass is 387 g/mol. The third kappa shape index (κ3) is 9.35. The SMILES string of the molecule is CCOC(=O)CC(C#CCN)NC(=O)CCC(=O)Nc1ccc(C=NN)cc1. The summed E-state index contributed by atoms with van der Waals surface area (Å²) in [6.45, 7) is 2.03. The smallest absolute Gasteiger partial charge is 0.308 e. The van der Waals surface area contributed by atoms with Gasteiger partial charge in [0.2, 0.25) is 11.8 Å². The maximum atomic E-state index is 12.1. The summed E-state index contributed by atoms with van der Waals surface area (Å²) in [5.41, 5.74) is 6.71. The molecule has 9 nitrogen and oxygen atoms in total. The van der Waals surface area contributed by atoms with Crippen LogP contribution in [0.2, 0.25) is 0 Å². The molecule has 0 saturated heterocycles. The molecule has 1 aromatic rings. The number of amides is 2. The van der Waals surface area contributed by atoms with E-state index in [0.29, 0.717) is 5.69 Å². The summed E-state index contributed by atoms with van der Waals surface area (Å²) in [7, 11) is 0. The number of anilines is 1. The third-order valence-corrected chi connectivity index (χ3v) is 3.39. The fourth-order valence-corrected chi connectivity index (χ4v) is 2.16. The van der Waals surface area contributed by atoms with Crippen molar-refractivity contribution in [3.8, 4) is 11.8 Å². The highest BCUT2D eigenvalue weighted by atomic mass is 16.5. The van der Waals surface area contributed by atoms with E-state index in [-0.39, 0.29) is 38.3 Å². The molecule has 6 N–H and O–H groups in total. The van der Waals surface area contributed by atoms with Crippen molar-refractivity contribution < 1.29 is 19.1 Å². The van der Waals surface area contributed by atoms with Gasteiger partial charge in [-0.15, -0.1) is 0 Å². The molecule has 1 unspecified atom stereocenters. The van der Waals surface area contributed by atoms with Crippen molar-refractivity contribution in [3.63, 3.8) is 0 Å². The van der Waals surface area contributed by atoms with Gasteiger partial charge in [0.25, 0.3) is 0 Å². The molecule has 0 radical (unpaired) electrons. The quantitative estimate of drug-likeness (QED) is 0.155. The van der Waals surface area contributed by atoms with Crippen molar-refractivity contribution in [2.75, 3.05) is 18.5 Å². The van der Waals surface area contributed by atoms with Crippen LogP contribution in [0.3, 0.4) is 0 Å². The fraction of sp³-hybridized carbons (Fsp3) is 0.368. The Bertz CT molecular complexity index is 750. The second-order valence-corrected chi connectivity index (χ2v) is 5.60. The van der Waals surface area contributed by atoms with Gasteiger partial charge in [-0.05, 0) is 24.6 Å². The summed E-state index contributed by atoms with van der Waals surface area (Å²) in [6.07, 6.45) is 1.33. The second kappa shape index (κ2) is 12.9. The Balaban J connectivity index is 2.49.